The molecule has 4 rings (SSSR count). The first kappa shape index (κ1) is 31.3. The summed E-state index contributed by atoms with van der Waals surface area (Å²) in [5.74, 6) is 0.781. The minimum atomic E-state index is -0.663. The lowest BCUT2D eigenvalue weighted by molar-refractivity contribution is -0.123. The van der Waals surface area contributed by atoms with Gasteiger partial charge in [-0.3, -0.25) is 9.78 Å². The van der Waals surface area contributed by atoms with Gasteiger partial charge in [-0.25, -0.2) is 4.79 Å². The van der Waals surface area contributed by atoms with Crippen LogP contribution < -0.4 is 26.0 Å². The van der Waals surface area contributed by atoms with Gasteiger partial charge in [0.25, 0.3) is 0 Å². The molecule has 8 heteroatoms. The molecule has 0 aliphatic heterocycles. The maximum atomic E-state index is 13.5. The summed E-state index contributed by atoms with van der Waals surface area (Å²) in [6.45, 7) is 6.68. The molecule has 3 amide bonds. The number of carbonyl (C=O) groups is 2. The van der Waals surface area contributed by atoms with Gasteiger partial charge in [-0.15, -0.1) is 0 Å². The van der Waals surface area contributed by atoms with E-state index in [4.69, 9.17) is 4.74 Å². The Balaban J connectivity index is 1.30. The standard InChI is InChI=1S/C35H43N5O3/c1-24(2)21-31(34(41)40-32(26-14-7-5-8-15-26)27-16-9-6-10-17-27)39-35(42)37-20-11-13-25(3)38-30-23-29(43-4)22-28-18-12-19-36-33(28)30/h5-10,12,14-19,22-25,31-32,38H,11,13,20-21H2,1-4H3,(H,40,41)(H2,37,39,42). The molecule has 1 aromatic heterocycles. The van der Waals surface area contributed by atoms with E-state index in [-0.39, 0.29) is 29.9 Å². The van der Waals surface area contributed by atoms with Crippen LogP contribution in [0.15, 0.2) is 91.1 Å². The largest absolute Gasteiger partial charge is 0.497 e. The number of fused-ring (bicyclic) bond motifs is 1. The summed E-state index contributed by atoms with van der Waals surface area (Å²) in [6.07, 6.45) is 3.90. The van der Waals surface area contributed by atoms with E-state index in [1.165, 1.54) is 0 Å². The van der Waals surface area contributed by atoms with Crippen molar-refractivity contribution in [3.8, 4) is 5.75 Å². The van der Waals surface area contributed by atoms with Crippen molar-refractivity contribution in [1.82, 2.24) is 20.9 Å². The monoisotopic (exact) mass is 581 g/mol. The minimum Gasteiger partial charge on any atom is -0.497 e. The number of nitrogens with one attached hydrogen (secondary N) is 4. The molecule has 0 saturated heterocycles. The molecule has 0 spiro atoms. The van der Waals surface area contributed by atoms with E-state index in [2.05, 4.69) is 33.2 Å². The van der Waals surface area contributed by atoms with Crippen molar-refractivity contribution >= 4 is 28.5 Å². The Kier molecular flexibility index (Phi) is 11.4. The van der Waals surface area contributed by atoms with Crippen LogP contribution in [-0.2, 0) is 4.79 Å². The molecule has 43 heavy (non-hydrogen) atoms. The van der Waals surface area contributed by atoms with Crippen LogP contribution in [0.3, 0.4) is 0 Å². The summed E-state index contributed by atoms with van der Waals surface area (Å²) in [5.41, 5.74) is 3.77. The van der Waals surface area contributed by atoms with Gasteiger partial charge in [0.05, 0.1) is 24.4 Å². The van der Waals surface area contributed by atoms with Crippen molar-refractivity contribution in [2.24, 2.45) is 5.92 Å². The van der Waals surface area contributed by atoms with Crippen LogP contribution in [-0.4, -0.2) is 42.7 Å². The van der Waals surface area contributed by atoms with Crippen LogP contribution in [0.1, 0.15) is 57.2 Å². The molecule has 8 nitrogen and oxygen atoms in total. The van der Waals surface area contributed by atoms with Crippen LogP contribution >= 0.6 is 0 Å². The fourth-order valence-corrected chi connectivity index (χ4v) is 5.15. The van der Waals surface area contributed by atoms with E-state index in [0.717, 1.165) is 46.3 Å². The van der Waals surface area contributed by atoms with Gasteiger partial charge in [0.15, 0.2) is 0 Å². The molecule has 0 saturated carbocycles. The number of hydrogen-bond acceptors (Lipinski definition) is 5. The van der Waals surface area contributed by atoms with Gasteiger partial charge < -0.3 is 26.0 Å². The molecule has 4 aromatic rings. The summed E-state index contributed by atoms with van der Waals surface area (Å²) < 4.78 is 5.46. The number of nitrogens with zero attached hydrogens (tertiary/aromatic N) is 1. The Morgan fingerprint density at radius 1 is 0.860 bits per heavy atom. The maximum absolute atomic E-state index is 13.5. The number of pyridine rings is 1. The first-order chi connectivity index (χ1) is 20.8. The first-order valence-corrected chi connectivity index (χ1v) is 15.0. The van der Waals surface area contributed by atoms with Crippen LogP contribution in [0.4, 0.5) is 10.5 Å². The number of methoxy groups -OCH3 is 1. The molecule has 0 aliphatic rings. The Morgan fingerprint density at radius 2 is 1.53 bits per heavy atom. The number of rotatable bonds is 14. The number of carbonyl (C=O) groups excluding carboxylic acids is 2. The highest BCUT2D eigenvalue weighted by Crippen LogP contribution is 2.28. The number of benzene rings is 3. The molecule has 0 fully saturated rings. The number of hydrogen-bond donors (Lipinski definition) is 4. The molecule has 0 bridgehead atoms. The second kappa shape index (κ2) is 15.6. The molecule has 3 aromatic carbocycles. The Hall–Kier alpha value is -4.59. The lowest BCUT2D eigenvalue weighted by Crippen LogP contribution is -2.51. The zero-order chi connectivity index (χ0) is 30.6. The van der Waals surface area contributed by atoms with Crippen molar-refractivity contribution in [3.05, 3.63) is 102 Å². The average molecular weight is 582 g/mol. The molecule has 1 heterocycles. The summed E-state index contributed by atoms with van der Waals surface area (Å²) in [6, 6.07) is 26.4. The predicted octanol–water partition coefficient (Wildman–Crippen LogP) is 6.44. The van der Waals surface area contributed by atoms with Crippen LogP contribution in [0.25, 0.3) is 10.9 Å². The van der Waals surface area contributed by atoms with Gasteiger partial charge in [0, 0.05) is 30.2 Å². The topological polar surface area (TPSA) is 104 Å². The average Bonchev–Trinajstić information content (AvgIpc) is 3.02. The SMILES string of the molecule is COc1cc(NC(C)CCCNC(=O)NC(CC(C)C)C(=O)NC(c2ccccc2)c2ccccc2)c2ncccc2c1. The second-order valence-electron chi connectivity index (χ2n) is 11.3. The van der Waals surface area contributed by atoms with Crippen molar-refractivity contribution < 1.29 is 14.3 Å². The van der Waals surface area contributed by atoms with E-state index in [1.807, 2.05) is 98.8 Å². The van der Waals surface area contributed by atoms with Crippen LogP contribution in [0.2, 0.25) is 0 Å². The van der Waals surface area contributed by atoms with Crippen LogP contribution in [0, 0.1) is 5.92 Å². The smallest absolute Gasteiger partial charge is 0.315 e. The van der Waals surface area contributed by atoms with Crippen molar-refractivity contribution in [2.75, 3.05) is 19.0 Å². The van der Waals surface area contributed by atoms with Gasteiger partial charge in [0.1, 0.15) is 11.8 Å². The third-order valence-corrected chi connectivity index (χ3v) is 7.30. The van der Waals surface area contributed by atoms with Gasteiger partial charge >= 0.3 is 6.03 Å². The summed E-state index contributed by atoms with van der Waals surface area (Å²) in [5, 5.41) is 13.6. The number of urea groups is 1. The number of ether oxygens (including phenoxy) is 1. The maximum Gasteiger partial charge on any atom is 0.315 e. The van der Waals surface area contributed by atoms with E-state index < -0.39 is 6.04 Å². The van der Waals surface area contributed by atoms with E-state index >= 15 is 0 Å². The third-order valence-electron chi connectivity index (χ3n) is 7.30. The van der Waals surface area contributed by atoms with Crippen molar-refractivity contribution in [1.29, 1.82) is 0 Å². The second-order valence-corrected chi connectivity index (χ2v) is 11.3. The summed E-state index contributed by atoms with van der Waals surface area (Å²) in [4.78, 5) is 30.9. The Labute approximate surface area is 254 Å². The Bertz CT molecular complexity index is 1420. The zero-order valence-electron chi connectivity index (χ0n) is 25.5. The summed E-state index contributed by atoms with van der Waals surface area (Å²) >= 11 is 0. The van der Waals surface area contributed by atoms with E-state index in [0.29, 0.717) is 13.0 Å². The highest BCUT2D eigenvalue weighted by Gasteiger charge is 2.25. The summed E-state index contributed by atoms with van der Waals surface area (Å²) in [7, 11) is 1.65. The number of amides is 3. The number of aromatic nitrogens is 1. The van der Waals surface area contributed by atoms with Gasteiger partial charge in [0.2, 0.25) is 5.91 Å². The molecule has 2 unspecified atom stereocenters. The molecule has 0 radical (unpaired) electrons. The van der Waals surface area contributed by atoms with Crippen LogP contribution in [0.5, 0.6) is 5.75 Å². The lowest BCUT2D eigenvalue weighted by Gasteiger charge is -2.25. The highest BCUT2D eigenvalue weighted by atomic mass is 16.5. The van der Waals surface area contributed by atoms with Gasteiger partial charge in [-0.2, -0.15) is 0 Å². The normalized spacial score (nSPS) is 12.5. The molecule has 4 N–H and O–H groups in total. The molecular formula is C35H43N5O3. The molecule has 0 aliphatic carbocycles. The Morgan fingerprint density at radius 3 is 2.16 bits per heavy atom. The molecule has 2 atom stereocenters. The van der Waals surface area contributed by atoms with Crippen molar-refractivity contribution in [3.63, 3.8) is 0 Å². The highest BCUT2D eigenvalue weighted by molar-refractivity contribution is 5.92. The van der Waals surface area contributed by atoms with E-state index in [9.17, 15) is 9.59 Å². The fraction of sp³-hybridized carbons (Fsp3) is 0.343. The first-order valence-electron chi connectivity index (χ1n) is 15.0. The fourth-order valence-electron chi connectivity index (χ4n) is 5.15. The predicted molar refractivity (Wildman–Crippen MR) is 173 cm³/mol. The zero-order valence-corrected chi connectivity index (χ0v) is 25.5. The third kappa shape index (κ3) is 9.20. The molecular weight excluding hydrogens is 538 g/mol. The van der Waals surface area contributed by atoms with Gasteiger partial charge in [-0.1, -0.05) is 80.6 Å². The lowest BCUT2D eigenvalue weighted by atomic mass is 9.97. The minimum absolute atomic E-state index is 0.148. The van der Waals surface area contributed by atoms with E-state index in [1.54, 1.807) is 13.3 Å². The molecule has 226 valence electrons. The number of anilines is 1. The van der Waals surface area contributed by atoms with Crippen molar-refractivity contribution in [2.45, 2.75) is 58.2 Å². The quantitative estimate of drug-likeness (QED) is 0.128. The van der Waals surface area contributed by atoms with Gasteiger partial charge in [-0.05, 0) is 55.4 Å².